The largest absolute Gasteiger partial charge is 0.489 e. The fourth-order valence-corrected chi connectivity index (χ4v) is 4.13. The van der Waals surface area contributed by atoms with Crippen molar-refractivity contribution < 1.29 is 19.4 Å². The van der Waals surface area contributed by atoms with Crippen molar-refractivity contribution in [3.8, 4) is 5.75 Å². The molecule has 1 atom stereocenters. The van der Waals surface area contributed by atoms with E-state index in [2.05, 4.69) is 10.6 Å². The predicted octanol–water partition coefficient (Wildman–Crippen LogP) is 4.02. The van der Waals surface area contributed by atoms with Crippen molar-refractivity contribution >= 4 is 16.9 Å². The lowest BCUT2D eigenvalue weighted by Gasteiger charge is -2.34. The van der Waals surface area contributed by atoms with Crippen LogP contribution in [-0.2, 0) is 35.2 Å². The van der Waals surface area contributed by atoms with Crippen molar-refractivity contribution in [2.24, 2.45) is 7.05 Å². The summed E-state index contributed by atoms with van der Waals surface area (Å²) < 4.78 is 14.0. The Morgan fingerprint density at radius 3 is 2.78 bits per heavy atom. The molecule has 1 unspecified atom stereocenters. The summed E-state index contributed by atoms with van der Waals surface area (Å²) in [5, 5.41) is 10.4. The van der Waals surface area contributed by atoms with Crippen molar-refractivity contribution in [2.45, 2.75) is 32.0 Å². The van der Waals surface area contributed by atoms with E-state index in [0.29, 0.717) is 13.2 Å². The molecule has 5 heteroatoms. The highest BCUT2D eigenvalue weighted by molar-refractivity contribution is 5.88. The fraction of sp³-hybridized carbons (Fsp3) is 0.318. The number of ether oxygens (including phenoxy) is 2. The van der Waals surface area contributed by atoms with Crippen LogP contribution >= 0.6 is 0 Å². The molecule has 5 nitrogen and oxygen atoms in total. The number of benzene rings is 2. The molecule has 4 rings (SSSR count). The first-order chi connectivity index (χ1) is 13.0. The van der Waals surface area contributed by atoms with Crippen LogP contribution in [0.5, 0.6) is 5.75 Å². The smallest absolute Gasteiger partial charge is 0.306 e. The van der Waals surface area contributed by atoms with E-state index >= 15 is 0 Å². The molecular formula is C22H23NO4. The summed E-state index contributed by atoms with van der Waals surface area (Å²) in [7, 11) is 1.97. The van der Waals surface area contributed by atoms with Crippen LogP contribution in [-0.4, -0.2) is 22.2 Å². The third-order valence-corrected chi connectivity index (χ3v) is 5.29. The SMILES string of the molecule is Cn1c2c(c3cc(OCc4ccccc4)ccc31)CCOC2(C)CC(=O)O. The lowest BCUT2D eigenvalue weighted by molar-refractivity contribution is -0.146. The molecule has 2 aromatic carbocycles. The molecule has 140 valence electrons. The monoisotopic (exact) mass is 365 g/mol. The van der Waals surface area contributed by atoms with Gasteiger partial charge in [-0.2, -0.15) is 0 Å². The second-order valence-corrected chi connectivity index (χ2v) is 7.24. The van der Waals surface area contributed by atoms with E-state index in [9.17, 15) is 9.90 Å². The van der Waals surface area contributed by atoms with Crippen LogP contribution in [0.4, 0.5) is 0 Å². The van der Waals surface area contributed by atoms with E-state index < -0.39 is 11.6 Å². The summed E-state index contributed by atoms with van der Waals surface area (Å²) in [6.07, 6.45) is 0.714. The molecule has 2 heterocycles. The van der Waals surface area contributed by atoms with Gasteiger partial charge in [0.15, 0.2) is 0 Å². The van der Waals surface area contributed by atoms with E-state index in [0.717, 1.165) is 39.9 Å². The quantitative estimate of drug-likeness (QED) is 0.742. The summed E-state index contributed by atoms with van der Waals surface area (Å²) in [4.78, 5) is 11.4. The molecule has 0 fully saturated rings. The van der Waals surface area contributed by atoms with Crippen molar-refractivity contribution in [2.75, 3.05) is 6.61 Å². The number of carboxylic acid groups (broad SMARTS) is 1. The van der Waals surface area contributed by atoms with E-state index in [1.807, 2.05) is 56.4 Å². The zero-order valence-electron chi connectivity index (χ0n) is 15.6. The number of fused-ring (bicyclic) bond motifs is 3. The van der Waals surface area contributed by atoms with Crippen molar-refractivity contribution in [1.82, 2.24) is 4.57 Å². The van der Waals surface area contributed by atoms with E-state index in [1.54, 1.807) is 0 Å². The molecule has 1 aliphatic rings. The minimum atomic E-state index is -0.859. The number of hydrogen-bond acceptors (Lipinski definition) is 3. The Balaban J connectivity index is 1.71. The van der Waals surface area contributed by atoms with Crippen LogP contribution in [0.3, 0.4) is 0 Å². The predicted molar refractivity (Wildman–Crippen MR) is 103 cm³/mol. The lowest BCUT2D eigenvalue weighted by atomic mass is 9.90. The van der Waals surface area contributed by atoms with Crippen LogP contribution in [0.1, 0.15) is 30.2 Å². The summed E-state index contributed by atoms with van der Waals surface area (Å²) >= 11 is 0. The van der Waals surface area contributed by atoms with Crippen LogP contribution in [0.2, 0.25) is 0 Å². The van der Waals surface area contributed by atoms with Gasteiger partial charge in [0.2, 0.25) is 0 Å². The van der Waals surface area contributed by atoms with Gasteiger partial charge in [-0.05, 0) is 42.7 Å². The number of hydrogen-bond donors (Lipinski definition) is 1. The zero-order valence-corrected chi connectivity index (χ0v) is 15.6. The van der Waals surface area contributed by atoms with Crippen molar-refractivity contribution in [3.63, 3.8) is 0 Å². The lowest BCUT2D eigenvalue weighted by Crippen LogP contribution is -2.36. The van der Waals surface area contributed by atoms with Gasteiger partial charge in [-0.1, -0.05) is 30.3 Å². The molecule has 0 saturated heterocycles. The Kier molecular flexibility index (Phi) is 4.40. The van der Waals surface area contributed by atoms with Gasteiger partial charge in [-0.25, -0.2) is 0 Å². The molecule has 0 aliphatic carbocycles. The normalized spacial score (nSPS) is 19.0. The Labute approximate surface area is 158 Å². The third-order valence-electron chi connectivity index (χ3n) is 5.29. The standard InChI is InChI=1S/C22H23NO4/c1-22(13-20(24)25)21-17(10-11-27-22)18-12-16(8-9-19(18)23(21)2)26-14-15-6-4-3-5-7-15/h3-9,12H,10-11,13-14H2,1-2H3,(H,24,25). The van der Waals surface area contributed by atoms with E-state index in [4.69, 9.17) is 9.47 Å². The summed E-state index contributed by atoms with van der Waals surface area (Å²) in [6.45, 7) is 2.90. The molecule has 3 aromatic rings. The Hall–Kier alpha value is -2.79. The minimum Gasteiger partial charge on any atom is -0.489 e. The molecular weight excluding hydrogens is 342 g/mol. The van der Waals surface area contributed by atoms with Gasteiger partial charge in [0, 0.05) is 18.0 Å². The van der Waals surface area contributed by atoms with E-state index in [-0.39, 0.29) is 6.42 Å². The first-order valence-corrected chi connectivity index (χ1v) is 9.12. The first-order valence-electron chi connectivity index (χ1n) is 9.12. The number of nitrogens with zero attached hydrogens (tertiary/aromatic N) is 1. The number of aryl methyl sites for hydroxylation is 1. The molecule has 0 saturated carbocycles. The topological polar surface area (TPSA) is 60.7 Å². The van der Waals surface area contributed by atoms with Crippen LogP contribution in [0, 0.1) is 0 Å². The number of aliphatic carboxylic acids is 1. The van der Waals surface area contributed by atoms with Gasteiger partial charge in [0.25, 0.3) is 0 Å². The molecule has 1 N–H and O–H groups in total. The first kappa shape index (κ1) is 17.6. The number of rotatable bonds is 5. The number of carbonyl (C=O) groups is 1. The van der Waals surface area contributed by atoms with Crippen LogP contribution in [0.15, 0.2) is 48.5 Å². The van der Waals surface area contributed by atoms with Crippen molar-refractivity contribution in [1.29, 1.82) is 0 Å². The Morgan fingerprint density at radius 2 is 2.04 bits per heavy atom. The average molecular weight is 365 g/mol. The van der Waals surface area contributed by atoms with Gasteiger partial charge >= 0.3 is 5.97 Å². The molecule has 27 heavy (non-hydrogen) atoms. The van der Waals surface area contributed by atoms with Gasteiger partial charge < -0.3 is 19.1 Å². The highest BCUT2D eigenvalue weighted by Crippen LogP contribution is 2.41. The highest BCUT2D eigenvalue weighted by Gasteiger charge is 2.39. The molecule has 0 radical (unpaired) electrons. The highest BCUT2D eigenvalue weighted by atomic mass is 16.5. The summed E-state index contributed by atoms with van der Waals surface area (Å²) in [6, 6.07) is 16.1. The Morgan fingerprint density at radius 1 is 1.26 bits per heavy atom. The van der Waals surface area contributed by atoms with Crippen LogP contribution < -0.4 is 4.74 Å². The molecule has 0 bridgehead atoms. The van der Waals surface area contributed by atoms with Gasteiger partial charge in [0.05, 0.1) is 18.7 Å². The minimum absolute atomic E-state index is 0.0540. The molecule has 1 aliphatic heterocycles. The maximum atomic E-state index is 11.4. The second-order valence-electron chi connectivity index (χ2n) is 7.24. The van der Waals surface area contributed by atoms with Gasteiger partial charge in [-0.3, -0.25) is 4.79 Å². The molecule has 0 spiro atoms. The second kappa shape index (κ2) is 6.74. The maximum absolute atomic E-state index is 11.4. The summed E-state index contributed by atoms with van der Waals surface area (Å²) in [5.74, 6) is -0.0475. The average Bonchev–Trinajstić information content (AvgIpc) is 2.94. The maximum Gasteiger partial charge on any atom is 0.306 e. The summed E-state index contributed by atoms with van der Waals surface area (Å²) in [5.41, 5.74) is 3.47. The number of carboxylic acids is 1. The third kappa shape index (κ3) is 3.19. The van der Waals surface area contributed by atoms with Gasteiger partial charge in [-0.15, -0.1) is 0 Å². The Bertz CT molecular complexity index is 992. The zero-order chi connectivity index (χ0) is 19.0. The van der Waals surface area contributed by atoms with Gasteiger partial charge in [0.1, 0.15) is 18.0 Å². The van der Waals surface area contributed by atoms with Crippen LogP contribution in [0.25, 0.3) is 10.9 Å². The van der Waals surface area contributed by atoms with E-state index in [1.165, 1.54) is 0 Å². The molecule has 0 amide bonds. The number of aromatic nitrogens is 1. The fourth-order valence-electron chi connectivity index (χ4n) is 4.13. The van der Waals surface area contributed by atoms with Crippen molar-refractivity contribution in [3.05, 3.63) is 65.4 Å². The molecule has 1 aromatic heterocycles.